The summed E-state index contributed by atoms with van der Waals surface area (Å²) in [7, 11) is 3.22. The van der Waals surface area contributed by atoms with Crippen LogP contribution in [0, 0.1) is 0 Å². The van der Waals surface area contributed by atoms with Crippen LogP contribution in [0.4, 0.5) is 0 Å². The molecule has 1 fully saturated rings. The van der Waals surface area contributed by atoms with E-state index < -0.39 is 0 Å². The lowest BCUT2D eigenvalue weighted by molar-refractivity contribution is -0.132. The first-order valence-corrected chi connectivity index (χ1v) is 11.1. The van der Waals surface area contributed by atoms with Crippen molar-refractivity contribution in [2.45, 2.75) is 25.4 Å². The molecule has 0 bridgehead atoms. The molecular weight excluding hydrogens is 434 g/mol. The first-order chi connectivity index (χ1) is 16.6. The number of amides is 1. The highest BCUT2D eigenvalue weighted by Crippen LogP contribution is 2.39. The summed E-state index contributed by atoms with van der Waals surface area (Å²) in [4.78, 5) is 32.7. The molecule has 9 heteroatoms. The molecule has 0 aliphatic carbocycles. The largest absolute Gasteiger partial charge is 0.497 e. The van der Waals surface area contributed by atoms with Gasteiger partial charge in [0, 0.05) is 12.1 Å². The van der Waals surface area contributed by atoms with Crippen LogP contribution in [0.5, 0.6) is 11.5 Å². The van der Waals surface area contributed by atoms with E-state index in [0.29, 0.717) is 29.1 Å². The maximum Gasteiger partial charge on any atom is 0.264 e. The van der Waals surface area contributed by atoms with Gasteiger partial charge in [-0.1, -0.05) is 18.2 Å². The van der Waals surface area contributed by atoms with Crippen molar-refractivity contribution in [1.29, 1.82) is 0 Å². The zero-order valence-electron chi connectivity index (χ0n) is 19.0. The summed E-state index contributed by atoms with van der Waals surface area (Å²) in [5.41, 5.74) is 1.87. The molecule has 0 N–H and O–H groups in total. The van der Waals surface area contributed by atoms with Crippen molar-refractivity contribution in [1.82, 2.24) is 24.2 Å². The Morgan fingerprint density at radius 1 is 1.12 bits per heavy atom. The fourth-order valence-corrected chi connectivity index (χ4v) is 4.54. The fraction of sp³-hybridized carbons (Fsp3) is 0.280. The number of carbonyl (C=O) groups is 1. The number of fused-ring (bicyclic) bond motifs is 1. The number of rotatable bonds is 6. The van der Waals surface area contributed by atoms with Gasteiger partial charge in [0.25, 0.3) is 5.56 Å². The molecule has 1 saturated heterocycles. The molecule has 2 aromatic heterocycles. The van der Waals surface area contributed by atoms with Gasteiger partial charge in [-0.15, -0.1) is 0 Å². The monoisotopic (exact) mass is 459 g/mol. The first kappa shape index (κ1) is 21.7. The van der Waals surface area contributed by atoms with Crippen molar-refractivity contribution < 1.29 is 14.3 Å². The standard InChI is InChI=1S/C25H25N5O4/c1-33-18-10-11-22(34-2)19(13-18)21-9-6-12-29(21)23(31)15-28-16-26-24-20(25(28)32)14-27-30(24)17-7-4-3-5-8-17/h3-5,7-8,10-11,13-14,16,21H,6,9,12,15H2,1-2H3. The van der Waals surface area contributed by atoms with Crippen molar-refractivity contribution in [3.63, 3.8) is 0 Å². The number of carbonyl (C=O) groups excluding carboxylic acids is 1. The Morgan fingerprint density at radius 3 is 2.71 bits per heavy atom. The van der Waals surface area contributed by atoms with E-state index in [9.17, 15) is 9.59 Å². The highest BCUT2D eigenvalue weighted by Gasteiger charge is 2.32. The Kier molecular flexibility index (Phi) is 5.75. The number of hydrogen-bond acceptors (Lipinski definition) is 6. The second kappa shape index (κ2) is 9.01. The molecule has 1 atom stereocenters. The van der Waals surface area contributed by atoms with Gasteiger partial charge in [-0.2, -0.15) is 5.10 Å². The number of para-hydroxylation sites is 1. The third-order valence-electron chi connectivity index (χ3n) is 6.23. The van der Waals surface area contributed by atoms with Gasteiger partial charge in [0.05, 0.1) is 32.1 Å². The van der Waals surface area contributed by atoms with E-state index in [2.05, 4.69) is 10.1 Å². The van der Waals surface area contributed by atoms with Gasteiger partial charge in [0.1, 0.15) is 29.8 Å². The number of aromatic nitrogens is 4. The predicted octanol–water partition coefficient (Wildman–Crippen LogP) is 2.96. The fourth-order valence-electron chi connectivity index (χ4n) is 4.54. The van der Waals surface area contributed by atoms with E-state index in [1.165, 1.54) is 17.1 Å². The van der Waals surface area contributed by atoms with E-state index in [-0.39, 0.29) is 24.1 Å². The van der Waals surface area contributed by atoms with Crippen LogP contribution >= 0.6 is 0 Å². The van der Waals surface area contributed by atoms with Gasteiger partial charge in [-0.05, 0) is 43.2 Å². The molecule has 3 heterocycles. The van der Waals surface area contributed by atoms with Crippen LogP contribution in [-0.2, 0) is 11.3 Å². The number of methoxy groups -OCH3 is 2. The van der Waals surface area contributed by atoms with Crippen LogP contribution in [0.3, 0.4) is 0 Å². The Morgan fingerprint density at radius 2 is 1.94 bits per heavy atom. The van der Waals surface area contributed by atoms with Gasteiger partial charge in [-0.3, -0.25) is 14.2 Å². The lowest BCUT2D eigenvalue weighted by atomic mass is 10.0. The van der Waals surface area contributed by atoms with Crippen LogP contribution in [0.15, 0.2) is 65.8 Å². The molecule has 1 amide bonds. The molecule has 174 valence electrons. The molecule has 0 radical (unpaired) electrons. The Labute approximate surface area is 196 Å². The van der Waals surface area contributed by atoms with Crippen LogP contribution in [0.25, 0.3) is 16.7 Å². The summed E-state index contributed by atoms with van der Waals surface area (Å²) in [5.74, 6) is 1.27. The molecular formula is C25H25N5O4. The zero-order chi connectivity index (χ0) is 23.7. The number of nitrogens with zero attached hydrogens (tertiary/aromatic N) is 5. The molecule has 4 aromatic rings. The smallest absolute Gasteiger partial charge is 0.264 e. The quantitative estimate of drug-likeness (QED) is 0.440. The molecule has 1 aliphatic heterocycles. The lowest BCUT2D eigenvalue weighted by Crippen LogP contribution is -2.36. The number of likely N-dealkylation sites (tertiary alicyclic amines) is 1. The summed E-state index contributed by atoms with van der Waals surface area (Å²) in [5, 5.41) is 4.70. The normalized spacial score (nSPS) is 15.6. The van der Waals surface area contributed by atoms with E-state index in [1.54, 1.807) is 23.8 Å². The second-order valence-electron chi connectivity index (χ2n) is 8.16. The molecule has 5 rings (SSSR count). The summed E-state index contributed by atoms with van der Waals surface area (Å²) < 4.78 is 13.9. The van der Waals surface area contributed by atoms with Crippen LogP contribution in [0.1, 0.15) is 24.4 Å². The van der Waals surface area contributed by atoms with Gasteiger partial charge in [-0.25, -0.2) is 9.67 Å². The summed E-state index contributed by atoms with van der Waals surface area (Å²) in [6.07, 6.45) is 4.59. The van der Waals surface area contributed by atoms with Gasteiger partial charge in [0.15, 0.2) is 5.65 Å². The zero-order valence-corrected chi connectivity index (χ0v) is 19.0. The van der Waals surface area contributed by atoms with Crippen molar-refractivity contribution in [2.75, 3.05) is 20.8 Å². The minimum absolute atomic E-state index is 0.0962. The Hall–Kier alpha value is -4.14. The Balaban J connectivity index is 1.42. The van der Waals surface area contributed by atoms with Crippen LogP contribution < -0.4 is 15.0 Å². The highest BCUT2D eigenvalue weighted by molar-refractivity contribution is 5.78. The van der Waals surface area contributed by atoms with E-state index >= 15 is 0 Å². The number of benzene rings is 2. The summed E-state index contributed by atoms with van der Waals surface area (Å²) in [6.45, 7) is 0.515. The molecule has 9 nitrogen and oxygen atoms in total. The minimum Gasteiger partial charge on any atom is -0.497 e. The van der Waals surface area contributed by atoms with Gasteiger partial charge < -0.3 is 14.4 Å². The van der Waals surface area contributed by atoms with E-state index in [0.717, 1.165) is 24.1 Å². The third-order valence-corrected chi connectivity index (χ3v) is 6.23. The maximum absolute atomic E-state index is 13.3. The number of hydrogen-bond donors (Lipinski definition) is 0. The molecule has 1 unspecified atom stereocenters. The SMILES string of the molecule is COc1ccc(OC)c(C2CCCN2C(=O)Cn2cnc3c(cnn3-c3ccccc3)c2=O)c1. The molecule has 1 aliphatic rings. The predicted molar refractivity (Wildman–Crippen MR) is 126 cm³/mol. The molecule has 0 saturated carbocycles. The van der Waals surface area contributed by atoms with Crippen molar-refractivity contribution in [3.8, 4) is 17.2 Å². The van der Waals surface area contributed by atoms with E-state index in [4.69, 9.17) is 9.47 Å². The molecule has 34 heavy (non-hydrogen) atoms. The second-order valence-corrected chi connectivity index (χ2v) is 8.16. The topological polar surface area (TPSA) is 91.5 Å². The van der Waals surface area contributed by atoms with Crippen molar-refractivity contribution in [2.24, 2.45) is 0 Å². The summed E-state index contributed by atoms with van der Waals surface area (Å²) in [6, 6.07) is 14.9. The lowest BCUT2D eigenvalue weighted by Gasteiger charge is -2.27. The Bertz CT molecular complexity index is 1400. The summed E-state index contributed by atoms with van der Waals surface area (Å²) >= 11 is 0. The molecule has 0 spiro atoms. The van der Waals surface area contributed by atoms with Gasteiger partial charge >= 0.3 is 0 Å². The van der Waals surface area contributed by atoms with Crippen molar-refractivity contribution >= 4 is 16.9 Å². The number of ether oxygens (including phenoxy) is 2. The molecule has 2 aromatic carbocycles. The maximum atomic E-state index is 13.3. The van der Waals surface area contributed by atoms with Crippen LogP contribution in [0.2, 0.25) is 0 Å². The average Bonchev–Trinajstić information content (AvgIpc) is 3.54. The van der Waals surface area contributed by atoms with E-state index in [1.807, 2.05) is 48.5 Å². The average molecular weight is 460 g/mol. The third kappa shape index (κ3) is 3.79. The minimum atomic E-state index is -0.296. The van der Waals surface area contributed by atoms with Gasteiger partial charge in [0.2, 0.25) is 5.91 Å². The van der Waals surface area contributed by atoms with Crippen molar-refractivity contribution in [3.05, 3.63) is 77.0 Å². The first-order valence-electron chi connectivity index (χ1n) is 11.1. The highest BCUT2D eigenvalue weighted by atomic mass is 16.5. The van der Waals surface area contributed by atoms with Crippen LogP contribution in [-0.4, -0.2) is 50.9 Å².